The van der Waals surface area contributed by atoms with Gasteiger partial charge in [0.15, 0.2) is 0 Å². The van der Waals surface area contributed by atoms with E-state index >= 15 is 0 Å². The summed E-state index contributed by atoms with van der Waals surface area (Å²) >= 11 is 5.77. The van der Waals surface area contributed by atoms with Crippen molar-refractivity contribution >= 4 is 17.5 Å². The molecule has 0 spiro atoms. The van der Waals surface area contributed by atoms with Gasteiger partial charge in [0.25, 0.3) is 0 Å². The van der Waals surface area contributed by atoms with Gasteiger partial charge in [-0.1, -0.05) is 6.92 Å². The summed E-state index contributed by atoms with van der Waals surface area (Å²) in [7, 11) is 0. The first kappa shape index (κ1) is 9.81. The van der Waals surface area contributed by atoms with E-state index in [1.54, 1.807) is 4.90 Å². The Morgan fingerprint density at radius 1 is 1.83 bits per heavy atom. The molecule has 1 aliphatic heterocycles. The third kappa shape index (κ3) is 2.11. The van der Waals surface area contributed by atoms with Crippen molar-refractivity contribution in [1.29, 1.82) is 0 Å². The van der Waals surface area contributed by atoms with Crippen molar-refractivity contribution in [3.05, 3.63) is 0 Å². The van der Waals surface area contributed by atoms with E-state index in [-0.39, 0.29) is 12.0 Å². The van der Waals surface area contributed by atoms with E-state index in [1.807, 2.05) is 6.92 Å². The highest BCUT2D eigenvalue weighted by molar-refractivity contribution is 6.30. The number of aliphatic hydroxyl groups is 1. The van der Waals surface area contributed by atoms with E-state index in [2.05, 4.69) is 0 Å². The summed E-state index contributed by atoms with van der Waals surface area (Å²) in [5.74, 6) is -0.0456. The van der Waals surface area contributed by atoms with Crippen LogP contribution in [0.2, 0.25) is 0 Å². The first-order valence-corrected chi connectivity index (χ1v) is 4.69. The topological polar surface area (TPSA) is 40.5 Å². The van der Waals surface area contributed by atoms with E-state index < -0.39 is 5.38 Å². The first-order valence-electron chi connectivity index (χ1n) is 4.26. The predicted octanol–water partition coefficient (Wildman–Crippen LogP) is 0.597. The Kier molecular flexibility index (Phi) is 3.35. The summed E-state index contributed by atoms with van der Waals surface area (Å²) in [5.41, 5.74) is 0. The van der Waals surface area contributed by atoms with Gasteiger partial charge >= 0.3 is 0 Å². The minimum absolute atomic E-state index is 0.0456. The number of carbonyl (C=O) groups excluding carboxylic acids is 1. The molecule has 0 saturated carbocycles. The maximum Gasteiger partial charge on any atom is 0.240 e. The average molecular weight is 192 g/mol. The monoisotopic (exact) mass is 191 g/mol. The molecule has 1 amide bonds. The second-order valence-electron chi connectivity index (χ2n) is 3.10. The summed E-state index contributed by atoms with van der Waals surface area (Å²) < 4.78 is 0. The van der Waals surface area contributed by atoms with E-state index in [4.69, 9.17) is 16.7 Å². The molecule has 0 bridgehead atoms. The number of hydrogen-bond acceptors (Lipinski definition) is 2. The number of alkyl halides is 1. The highest BCUT2D eigenvalue weighted by Crippen LogP contribution is 2.13. The minimum Gasteiger partial charge on any atom is -0.391 e. The van der Waals surface area contributed by atoms with Crippen LogP contribution in [0.3, 0.4) is 0 Å². The molecule has 0 aromatic carbocycles. The summed E-state index contributed by atoms with van der Waals surface area (Å²) in [6.07, 6.45) is 0.973. The van der Waals surface area contributed by atoms with Crippen molar-refractivity contribution in [2.24, 2.45) is 0 Å². The van der Waals surface area contributed by atoms with Crippen LogP contribution in [0.15, 0.2) is 0 Å². The fraction of sp³-hybridized carbons (Fsp3) is 0.875. The fourth-order valence-electron chi connectivity index (χ4n) is 1.31. The van der Waals surface area contributed by atoms with Gasteiger partial charge < -0.3 is 10.0 Å². The normalized spacial score (nSPS) is 25.9. The molecule has 4 heteroatoms. The number of rotatable bonds is 2. The number of amides is 1. The number of halogens is 1. The summed E-state index contributed by atoms with van der Waals surface area (Å²) in [6.45, 7) is 2.97. The van der Waals surface area contributed by atoms with Crippen LogP contribution >= 0.6 is 11.6 Å². The standard InChI is InChI=1S/C8H14ClNO2/c1-2-7(9)8(12)10-4-3-6(11)5-10/h6-7,11H,2-5H2,1H3/t6-,7+/m1/s1. The van der Waals surface area contributed by atoms with Crippen LogP contribution in [0.1, 0.15) is 19.8 Å². The molecule has 1 N–H and O–H groups in total. The number of likely N-dealkylation sites (tertiary alicyclic amines) is 1. The van der Waals surface area contributed by atoms with Crippen LogP contribution in [-0.2, 0) is 4.79 Å². The Balaban J connectivity index is 2.43. The van der Waals surface area contributed by atoms with Gasteiger partial charge in [-0.25, -0.2) is 0 Å². The Bertz CT molecular complexity index is 174. The molecule has 1 heterocycles. The van der Waals surface area contributed by atoms with Gasteiger partial charge in [-0.2, -0.15) is 0 Å². The quantitative estimate of drug-likeness (QED) is 0.650. The highest BCUT2D eigenvalue weighted by Gasteiger charge is 2.27. The fourth-order valence-corrected chi connectivity index (χ4v) is 1.45. The second kappa shape index (κ2) is 4.10. The molecule has 3 nitrogen and oxygen atoms in total. The summed E-state index contributed by atoms with van der Waals surface area (Å²) in [4.78, 5) is 13.0. The molecular formula is C8H14ClNO2. The van der Waals surface area contributed by atoms with E-state index in [0.717, 1.165) is 0 Å². The number of carbonyl (C=O) groups is 1. The van der Waals surface area contributed by atoms with Crippen molar-refractivity contribution < 1.29 is 9.90 Å². The van der Waals surface area contributed by atoms with Gasteiger partial charge in [-0.15, -0.1) is 11.6 Å². The van der Waals surface area contributed by atoms with Crippen LogP contribution in [0.5, 0.6) is 0 Å². The Labute approximate surface area is 77.3 Å². The Hall–Kier alpha value is -0.280. The maximum absolute atomic E-state index is 11.4. The maximum atomic E-state index is 11.4. The Morgan fingerprint density at radius 3 is 2.92 bits per heavy atom. The van der Waals surface area contributed by atoms with Gasteiger partial charge in [0, 0.05) is 13.1 Å². The number of hydrogen-bond donors (Lipinski definition) is 1. The molecule has 0 aromatic rings. The molecule has 2 atom stereocenters. The van der Waals surface area contributed by atoms with Gasteiger partial charge in [-0.3, -0.25) is 4.79 Å². The largest absolute Gasteiger partial charge is 0.391 e. The average Bonchev–Trinajstić information content (AvgIpc) is 2.49. The smallest absolute Gasteiger partial charge is 0.240 e. The summed E-state index contributed by atoms with van der Waals surface area (Å²) in [5, 5.41) is 8.74. The number of β-amino-alcohol motifs (C(OH)–C–C–N with tert-alkyl or cyclic N) is 1. The van der Waals surface area contributed by atoms with Crippen molar-refractivity contribution in [3.8, 4) is 0 Å². The summed E-state index contributed by atoms with van der Waals surface area (Å²) in [6, 6.07) is 0. The molecule has 0 radical (unpaired) electrons. The zero-order chi connectivity index (χ0) is 9.14. The van der Waals surface area contributed by atoms with Gasteiger partial charge in [0.05, 0.1) is 6.10 Å². The van der Waals surface area contributed by atoms with Gasteiger partial charge in [0.2, 0.25) is 5.91 Å². The van der Waals surface area contributed by atoms with Crippen LogP contribution < -0.4 is 0 Å². The van der Waals surface area contributed by atoms with E-state index in [0.29, 0.717) is 25.9 Å². The third-order valence-corrected chi connectivity index (χ3v) is 2.60. The zero-order valence-electron chi connectivity index (χ0n) is 7.16. The molecular weight excluding hydrogens is 178 g/mol. The van der Waals surface area contributed by atoms with Crippen molar-refractivity contribution in [1.82, 2.24) is 4.90 Å². The molecule has 12 heavy (non-hydrogen) atoms. The Morgan fingerprint density at radius 2 is 2.50 bits per heavy atom. The van der Waals surface area contributed by atoms with Crippen LogP contribution in [0, 0.1) is 0 Å². The lowest BCUT2D eigenvalue weighted by atomic mass is 10.3. The molecule has 70 valence electrons. The van der Waals surface area contributed by atoms with Gasteiger partial charge in [-0.05, 0) is 12.8 Å². The molecule has 1 fully saturated rings. The van der Waals surface area contributed by atoms with Crippen molar-refractivity contribution in [2.45, 2.75) is 31.2 Å². The molecule has 1 saturated heterocycles. The molecule has 1 aliphatic rings. The molecule has 0 aromatic heterocycles. The van der Waals surface area contributed by atoms with E-state index in [1.165, 1.54) is 0 Å². The van der Waals surface area contributed by atoms with E-state index in [9.17, 15) is 4.79 Å². The lowest BCUT2D eigenvalue weighted by Crippen LogP contribution is -2.35. The molecule has 0 aliphatic carbocycles. The highest BCUT2D eigenvalue weighted by atomic mass is 35.5. The second-order valence-corrected chi connectivity index (χ2v) is 3.63. The number of nitrogens with zero attached hydrogens (tertiary/aromatic N) is 1. The third-order valence-electron chi connectivity index (χ3n) is 2.10. The predicted molar refractivity (Wildman–Crippen MR) is 47.1 cm³/mol. The zero-order valence-corrected chi connectivity index (χ0v) is 7.92. The van der Waals surface area contributed by atoms with Gasteiger partial charge in [0.1, 0.15) is 5.38 Å². The van der Waals surface area contributed by atoms with Crippen LogP contribution in [0.4, 0.5) is 0 Å². The lowest BCUT2D eigenvalue weighted by Gasteiger charge is -2.17. The lowest BCUT2D eigenvalue weighted by molar-refractivity contribution is -0.130. The molecule has 0 unspecified atom stereocenters. The van der Waals surface area contributed by atoms with Crippen molar-refractivity contribution in [3.63, 3.8) is 0 Å². The minimum atomic E-state index is -0.421. The number of aliphatic hydroxyl groups excluding tert-OH is 1. The van der Waals surface area contributed by atoms with Crippen LogP contribution in [0.25, 0.3) is 0 Å². The SMILES string of the molecule is CC[C@H](Cl)C(=O)N1CC[C@@H](O)C1. The molecule has 1 rings (SSSR count). The van der Waals surface area contributed by atoms with Crippen LogP contribution in [-0.4, -0.2) is 40.5 Å². The van der Waals surface area contributed by atoms with Crippen molar-refractivity contribution in [2.75, 3.05) is 13.1 Å². The first-order chi connectivity index (χ1) is 5.65.